The molecular weight excluding hydrogens is 200 g/mol. The second-order valence-electron chi connectivity index (χ2n) is 2.97. The van der Waals surface area contributed by atoms with Crippen molar-refractivity contribution in [2.24, 2.45) is 5.73 Å². The number of thiophene rings is 1. The Hall–Kier alpha value is -1.40. The summed E-state index contributed by atoms with van der Waals surface area (Å²) in [7, 11) is 0. The van der Waals surface area contributed by atoms with Crippen molar-refractivity contribution in [3.63, 3.8) is 0 Å². The highest BCUT2D eigenvalue weighted by atomic mass is 32.1. The van der Waals surface area contributed by atoms with Crippen molar-refractivity contribution in [1.82, 2.24) is 9.66 Å². The topological polar surface area (TPSA) is 86.9 Å². The monoisotopic (exact) mass is 210 g/mol. The van der Waals surface area contributed by atoms with Gasteiger partial charge in [-0.25, -0.2) is 9.66 Å². The third-order valence-electron chi connectivity index (χ3n) is 2.03. The van der Waals surface area contributed by atoms with Crippen molar-refractivity contribution >= 4 is 21.6 Å². The van der Waals surface area contributed by atoms with Crippen molar-refractivity contribution < 1.29 is 0 Å². The van der Waals surface area contributed by atoms with Crippen LogP contribution < -0.4 is 17.1 Å². The number of rotatable bonds is 1. The molecule has 0 atom stereocenters. The van der Waals surface area contributed by atoms with Crippen molar-refractivity contribution in [2.75, 3.05) is 5.84 Å². The molecule has 2 aromatic rings. The first-order valence-electron chi connectivity index (χ1n) is 4.10. The molecule has 0 aliphatic rings. The average Bonchev–Trinajstić information content (AvgIpc) is 2.57. The van der Waals surface area contributed by atoms with Crippen LogP contribution in [0.15, 0.2) is 10.9 Å². The predicted molar refractivity (Wildman–Crippen MR) is 56.7 cm³/mol. The number of aromatic nitrogens is 2. The Morgan fingerprint density at radius 1 is 1.64 bits per heavy atom. The first-order valence-corrected chi connectivity index (χ1v) is 4.92. The molecule has 4 N–H and O–H groups in total. The Labute approximate surface area is 83.9 Å². The van der Waals surface area contributed by atoms with Gasteiger partial charge < -0.3 is 11.6 Å². The normalized spacial score (nSPS) is 11.0. The molecule has 0 saturated heterocycles. The van der Waals surface area contributed by atoms with E-state index in [1.54, 1.807) is 13.0 Å². The summed E-state index contributed by atoms with van der Waals surface area (Å²) in [6, 6.07) is 1.75. The van der Waals surface area contributed by atoms with E-state index in [-0.39, 0.29) is 5.56 Å². The Balaban J connectivity index is 2.88. The first-order chi connectivity index (χ1) is 6.63. The number of hydrogen-bond donors (Lipinski definition) is 2. The molecule has 0 aromatic carbocycles. The number of nitrogens with zero attached hydrogens (tertiary/aromatic N) is 2. The largest absolute Gasteiger partial charge is 0.335 e. The zero-order valence-corrected chi connectivity index (χ0v) is 8.47. The average molecular weight is 210 g/mol. The summed E-state index contributed by atoms with van der Waals surface area (Å²) < 4.78 is 1.05. The fourth-order valence-corrected chi connectivity index (χ4v) is 2.19. The Kier molecular flexibility index (Phi) is 2.01. The molecule has 6 heteroatoms. The first kappa shape index (κ1) is 9.17. The highest BCUT2D eigenvalue weighted by molar-refractivity contribution is 7.18. The summed E-state index contributed by atoms with van der Waals surface area (Å²) in [5, 5.41) is 0.545. The van der Waals surface area contributed by atoms with Gasteiger partial charge in [-0.3, -0.25) is 4.79 Å². The number of fused-ring (bicyclic) bond motifs is 1. The number of hydrogen-bond acceptors (Lipinski definition) is 5. The Morgan fingerprint density at radius 2 is 2.36 bits per heavy atom. The molecule has 0 saturated carbocycles. The number of aryl methyl sites for hydroxylation is 1. The summed E-state index contributed by atoms with van der Waals surface area (Å²) in [6.45, 7) is 2.12. The van der Waals surface area contributed by atoms with Gasteiger partial charge in [-0.2, -0.15) is 0 Å². The zero-order valence-electron chi connectivity index (χ0n) is 7.65. The van der Waals surface area contributed by atoms with Crippen LogP contribution >= 0.6 is 11.3 Å². The van der Waals surface area contributed by atoms with Crippen molar-refractivity contribution in [3.05, 3.63) is 27.1 Å². The van der Waals surface area contributed by atoms with Crippen LogP contribution in [0, 0.1) is 6.92 Å². The lowest BCUT2D eigenvalue weighted by molar-refractivity contribution is 0.854. The van der Waals surface area contributed by atoms with E-state index >= 15 is 0 Å². The van der Waals surface area contributed by atoms with E-state index in [0.29, 0.717) is 22.6 Å². The summed E-state index contributed by atoms with van der Waals surface area (Å²) in [5.74, 6) is 6.02. The molecular formula is C8H10N4OS. The molecule has 14 heavy (non-hydrogen) atoms. The minimum absolute atomic E-state index is 0.219. The van der Waals surface area contributed by atoms with E-state index in [2.05, 4.69) is 4.98 Å². The van der Waals surface area contributed by atoms with Gasteiger partial charge in [-0.15, -0.1) is 11.3 Å². The number of nitrogen functional groups attached to an aromatic ring is 1. The fraction of sp³-hybridized carbons (Fsp3) is 0.250. The van der Waals surface area contributed by atoms with Crippen LogP contribution in [0.2, 0.25) is 0 Å². The van der Waals surface area contributed by atoms with Crippen LogP contribution in [0.5, 0.6) is 0 Å². The third kappa shape index (κ3) is 1.19. The quantitative estimate of drug-likeness (QED) is 0.645. The van der Waals surface area contributed by atoms with Crippen LogP contribution in [0.25, 0.3) is 10.2 Å². The van der Waals surface area contributed by atoms with Gasteiger partial charge in [-0.05, 0) is 13.0 Å². The van der Waals surface area contributed by atoms with Gasteiger partial charge in [-0.1, -0.05) is 0 Å². The van der Waals surface area contributed by atoms with Gasteiger partial charge in [0.1, 0.15) is 10.7 Å². The van der Waals surface area contributed by atoms with E-state index in [1.165, 1.54) is 11.3 Å². The molecule has 0 fully saturated rings. The van der Waals surface area contributed by atoms with Crippen LogP contribution in [0.4, 0.5) is 0 Å². The standard InChI is InChI=1S/C8H10N4OS/c1-4-11-7-6(8(13)12(4)10)2-5(3-9)14-7/h2H,3,9-10H2,1H3. The van der Waals surface area contributed by atoms with Crippen LogP contribution in [-0.2, 0) is 6.54 Å². The van der Waals surface area contributed by atoms with Gasteiger partial charge in [0.25, 0.3) is 5.56 Å². The smallest absolute Gasteiger partial charge is 0.280 e. The minimum Gasteiger partial charge on any atom is -0.335 e. The van der Waals surface area contributed by atoms with E-state index < -0.39 is 0 Å². The van der Waals surface area contributed by atoms with Gasteiger partial charge in [0, 0.05) is 11.4 Å². The van der Waals surface area contributed by atoms with Gasteiger partial charge in [0.05, 0.1) is 5.39 Å². The summed E-state index contributed by atoms with van der Waals surface area (Å²) in [6.07, 6.45) is 0. The molecule has 0 aliphatic heterocycles. The lowest BCUT2D eigenvalue weighted by atomic mass is 10.3. The number of nitrogens with two attached hydrogens (primary N) is 2. The maximum Gasteiger partial charge on any atom is 0.280 e. The molecule has 0 radical (unpaired) electrons. The van der Waals surface area contributed by atoms with Gasteiger partial charge >= 0.3 is 0 Å². The van der Waals surface area contributed by atoms with E-state index in [9.17, 15) is 4.79 Å². The van der Waals surface area contributed by atoms with Gasteiger partial charge in [0.2, 0.25) is 0 Å². The van der Waals surface area contributed by atoms with Crippen molar-refractivity contribution in [2.45, 2.75) is 13.5 Å². The third-order valence-corrected chi connectivity index (χ3v) is 3.08. The van der Waals surface area contributed by atoms with Crippen molar-refractivity contribution in [3.8, 4) is 0 Å². The molecule has 0 amide bonds. The molecule has 0 unspecified atom stereocenters. The van der Waals surface area contributed by atoms with Crippen LogP contribution in [0.1, 0.15) is 10.7 Å². The molecule has 2 heterocycles. The molecule has 5 nitrogen and oxygen atoms in total. The molecule has 74 valence electrons. The van der Waals surface area contributed by atoms with E-state index in [0.717, 1.165) is 9.55 Å². The van der Waals surface area contributed by atoms with E-state index in [1.807, 2.05) is 0 Å². The molecule has 0 aliphatic carbocycles. The lowest BCUT2D eigenvalue weighted by Crippen LogP contribution is -2.29. The zero-order chi connectivity index (χ0) is 10.3. The highest BCUT2D eigenvalue weighted by Crippen LogP contribution is 2.20. The summed E-state index contributed by atoms with van der Waals surface area (Å²) in [4.78, 5) is 17.5. The molecule has 0 bridgehead atoms. The second kappa shape index (κ2) is 3.07. The minimum atomic E-state index is -0.219. The Morgan fingerprint density at radius 3 is 3.00 bits per heavy atom. The highest BCUT2D eigenvalue weighted by Gasteiger charge is 2.09. The fourth-order valence-electron chi connectivity index (χ4n) is 1.25. The Bertz CT molecular complexity index is 542. The second-order valence-corrected chi connectivity index (χ2v) is 4.09. The predicted octanol–water partition coefficient (Wildman–Crippen LogP) is -0.0611. The maximum atomic E-state index is 11.6. The van der Waals surface area contributed by atoms with Gasteiger partial charge in [0.15, 0.2) is 0 Å². The van der Waals surface area contributed by atoms with Crippen molar-refractivity contribution in [1.29, 1.82) is 0 Å². The molecule has 2 rings (SSSR count). The molecule has 0 spiro atoms. The van der Waals surface area contributed by atoms with E-state index in [4.69, 9.17) is 11.6 Å². The maximum absolute atomic E-state index is 11.6. The SMILES string of the molecule is Cc1nc2sc(CN)cc2c(=O)n1N. The lowest BCUT2D eigenvalue weighted by Gasteiger charge is -2.00. The van der Waals surface area contributed by atoms with Crippen LogP contribution in [-0.4, -0.2) is 9.66 Å². The van der Waals surface area contributed by atoms with Crippen LogP contribution in [0.3, 0.4) is 0 Å². The summed E-state index contributed by atoms with van der Waals surface area (Å²) >= 11 is 1.43. The molecule has 2 aromatic heterocycles. The summed E-state index contributed by atoms with van der Waals surface area (Å²) in [5.41, 5.74) is 5.26.